The summed E-state index contributed by atoms with van der Waals surface area (Å²) in [5.41, 5.74) is 1.27. The Bertz CT molecular complexity index is 558. The van der Waals surface area contributed by atoms with Crippen LogP contribution in [0.15, 0.2) is 47.4 Å². The van der Waals surface area contributed by atoms with E-state index < -0.39 is 11.6 Å². The van der Waals surface area contributed by atoms with Crippen molar-refractivity contribution in [3.8, 4) is 0 Å². The number of benzene rings is 2. The van der Waals surface area contributed by atoms with Crippen LogP contribution in [0.25, 0.3) is 0 Å². The number of hydrogen-bond donors (Lipinski definition) is 1. The highest BCUT2D eigenvalue weighted by Gasteiger charge is 2.08. The highest BCUT2D eigenvalue weighted by Crippen LogP contribution is 2.27. The maximum absolute atomic E-state index is 13.5. The molecule has 1 nitrogen and oxygen atoms in total. The maximum Gasteiger partial charge on any atom is 0.163 e. The summed E-state index contributed by atoms with van der Waals surface area (Å²) in [5, 5.41) is 3.15. The van der Waals surface area contributed by atoms with E-state index >= 15 is 0 Å². The van der Waals surface area contributed by atoms with Crippen molar-refractivity contribution in [2.75, 3.05) is 11.1 Å². The third-order valence-electron chi connectivity index (χ3n) is 2.69. The van der Waals surface area contributed by atoms with Gasteiger partial charge in [0.1, 0.15) is 0 Å². The van der Waals surface area contributed by atoms with Crippen LogP contribution in [-0.4, -0.2) is 5.75 Å². The largest absolute Gasteiger partial charge is 0.380 e. The standard InChI is InChI=1S/C15H15F2NS/c1-2-19-14-9-4-3-8-13(14)18-10-11-6-5-7-12(16)15(11)17/h3-9,18H,2,10H2,1H3. The van der Waals surface area contributed by atoms with E-state index in [2.05, 4.69) is 12.2 Å². The Hall–Kier alpha value is -1.55. The second kappa shape index (κ2) is 6.57. The number of hydrogen-bond acceptors (Lipinski definition) is 2. The molecule has 2 aromatic rings. The first-order chi connectivity index (χ1) is 9.22. The van der Waals surface area contributed by atoms with Gasteiger partial charge in [-0.3, -0.25) is 0 Å². The summed E-state index contributed by atoms with van der Waals surface area (Å²) < 4.78 is 26.6. The molecule has 0 unspecified atom stereocenters. The molecule has 0 atom stereocenters. The van der Waals surface area contributed by atoms with Crippen molar-refractivity contribution in [3.63, 3.8) is 0 Å². The van der Waals surface area contributed by atoms with Crippen molar-refractivity contribution >= 4 is 17.4 Å². The summed E-state index contributed by atoms with van der Waals surface area (Å²) in [4.78, 5) is 1.11. The van der Waals surface area contributed by atoms with Gasteiger partial charge in [0.25, 0.3) is 0 Å². The molecule has 0 radical (unpaired) electrons. The van der Waals surface area contributed by atoms with Crippen LogP contribution < -0.4 is 5.32 Å². The molecule has 2 aromatic carbocycles. The van der Waals surface area contributed by atoms with Gasteiger partial charge in [-0.1, -0.05) is 31.2 Å². The quantitative estimate of drug-likeness (QED) is 0.797. The highest BCUT2D eigenvalue weighted by atomic mass is 32.2. The Morgan fingerprint density at radius 3 is 2.63 bits per heavy atom. The van der Waals surface area contributed by atoms with Crippen LogP contribution in [0.3, 0.4) is 0 Å². The Labute approximate surface area is 116 Å². The van der Waals surface area contributed by atoms with Gasteiger partial charge in [-0.2, -0.15) is 0 Å². The predicted octanol–water partition coefficient (Wildman–Crippen LogP) is 4.69. The normalized spacial score (nSPS) is 10.5. The number of nitrogens with one attached hydrogen (secondary N) is 1. The van der Waals surface area contributed by atoms with Gasteiger partial charge in [0, 0.05) is 22.7 Å². The first-order valence-corrected chi connectivity index (χ1v) is 7.09. The van der Waals surface area contributed by atoms with E-state index in [9.17, 15) is 8.78 Å². The van der Waals surface area contributed by atoms with E-state index in [0.29, 0.717) is 5.56 Å². The average Bonchev–Trinajstić information content (AvgIpc) is 2.42. The average molecular weight is 279 g/mol. The van der Waals surface area contributed by atoms with E-state index in [1.54, 1.807) is 17.8 Å². The molecule has 0 aliphatic heterocycles. The van der Waals surface area contributed by atoms with Crippen LogP contribution in [0, 0.1) is 11.6 Å². The number of para-hydroxylation sites is 1. The SMILES string of the molecule is CCSc1ccccc1NCc1cccc(F)c1F. The van der Waals surface area contributed by atoms with Crippen LogP contribution in [0.2, 0.25) is 0 Å². The van der Waals surface area contributed by atoms with Crippen LogP contribution in [0.5, 0.6) is 0 Å². The van der Waals surface area contributed by atoms with E-state index in [1.165, 1.54) is 6.07 Å². The number of thioether (sulfide) groups is 1. The van der Waals surface area contributed by atoms with Crippen LogP contribution in [-0.2, 0) is 6.54 Å². The fourth-order valence-corrected chi connectivity index (χ4v) is 2.55. The van der Waals surface area contributed by atoms with Crippen molar-refractivity contribution in [2.45, 2.75) is 18.4 Å². The van der Waals surface area contributed by atoms with E-state index in [1.807, 2.05) is 24.3 Å². The molecule has 0 saturated heterocycles. The van der Waals surface area contributed by atoms with Crippen LogP contribution >= 0.6 is 11.8 Å². The third-order valence-corrected chi connectivity index (χ3v) is 3.64. The van der Waals surface area contributed by atoms with Crippen molar-refractivity contribution in [2.24, 2.45) is 0 Å². The third kappa shape index (κ3) is 3.47. The summed E-state index contributed by atoms with van der Waals surface area (Å²) in [7, 11) is 0. The zero-order valence-electron chi connectivity index (χ0n) is 10.6. The molecule has 0 fully saturated rings. The van der Waals surface area contributed by atoms with Crippen molar-refractivity contribution in [1.82, 2.24) is 0 Å². The molecule has 0 heterocycles. The lowest BCUT2D eigenvalue weighted by Gasteiger charge is -2.11. The Morgan fingerprint density at radius 1 is 1.05 bits per heavy atom. The molecule has 1 N–H and O–H groups in total. The van der Waals surface area contributed by atoms with Crippen molar-refractivity contribution in [1.29, 1.82) is 0 Å². The smallest absolute Gasteiger partial charge is 0.163 e. The van der Waals surface area contributed by atoms with E-state index in [0.717, 1.165) is 22.4 Å². The van der Waals surface area contributed by atoms with Gasteiger partial charge in [-0.15, -0.1) is 11.8 Å². The van der Waals surface area contributed by atoms with Gasteiger partial charge >= 0.3 is 0 Å². The zero-order valence-corrected chi connectivity index (χ0v) is 11.4. The van der Waals surface area contributed by atoms with Crippen molar-refractivity contribution in [3.05, 3.63) is 59.7 Å². The molecule has 0 aliphatic carbocycles. The van der Waals surface area contributed by atoms with E-state index in [4.69, 9.17) is 0 Å². The van der Waals surface area contributed by atoms with Gasteiger partial charge in [0.15, 0.2) is 11.6 Å². The lowest BCUT2D eigenvalue weighted by atomic mass is 10.2. The summed E-state index contributed by atoms with van der Waals surface area (Å²) in [6.07, 6.45) is 0. The molecule has 0 amide bonds. The van der Waals surface area contributed by atoms with Gasteiger partial charge in [-0.05, 0) is 24.0 Å². The predicted molar refractivity (Wildman–Crippen MR) is 76.5 cm³/mol. The topological polar surface area (TPSA) is 12.0 Å². The van der Waals surface area contributed by atoms with Gasteiger partial charge in [0.05, 0.1) is 0 Å². The Kier molecular flexibility index (Phi) is 4.80. The van der Waals surface area contributed by atoms with Gasteiger partial charge < -0.3 is 5.32 Å². The number of rotatable bonds is 5. The molecule has 4 heteroatoms. The zero-order chi connectivity index (χ0) is 13.7. The number of halogens is 2. The first kappa shape index (κ1) is 13.9. The summed E-state index contributed by atoms with van der Waals surface area (Å²) in [5.74, 6) is -0.626. The molecule has 0 aromatic heterocycles. The maximum atomic E-state index is 13.5. The molecule has 100 valence electrons. The summed E-state index contributed by atoms with van der Waals surface area (Å²) >= 11 is 1.71. The molecular weight excluding hydrogens is 264 g/mol. The first-order valence-electron chi connectivity index (χ1n) is 6.11. The minimum absolute atomic E-state index is 0.269. The summed E-state index contributed by atoms with van der Waals surface area (Å²) in [6, 6.07) is 12.1. The van der Waals surface area contributed by atoms with E-state index in [-0.39, 0.29) is 6.54 Å². The number of anilines is 1. The Balaban J connectivity index is 2.12. The highest BCUT2D eigenvalue weighted by molar-refractivity contribution is 7.99. The second-order valence-corrected chi connectivity index (χ2v) is 5.30. The lowest BCUT2D eigenvalue weighted by molar-refractivity contribution is 0.500. The molecule has 19 heavy (non-hydrogen) atoms. The van der Waals surface area contributed by atoms with Gasteiger partial charge in [-0.25, -0.2) is 8.78 Å². The molecule has 0 spiro atoms. The molecule has 0 saturated carbocycles. The lowest BCUT2D eigenvalue weighted by Crippen LogP contribution is -2.04. The molecule has 0 aliphatic rings. The fraction of sp³-hybridized carbons (Fsp3) is 0.200. The van der Waals surface area contributed by atoms with Crippen molar-refractivity contribution < 1.29 is 8.78 Å². The van der Waals surface area contributed by atoms with Crippen LogP contribution in [0.1, 0.15) is 12.5 Å². The minimum Gasteiger partial charge on any atom is -0.380 e. The summed E-state index contributed by atoms with van der Waals surface area (Å²) in [6.45, 7) is 2.35. The van der Waals surface area contributed by atoms with Gasteiger partial charge in [0.2, 0.25) is 0 Å². The second-order valence-electron chi connectivity index (χ2n) is 4.00. The molecular formula is C15H15F2NS. The minimum atomic E-state index is -0.810. The monoisotopic (exact) mass is 279 g/mol. The Morgan fingerprint density at radius 2 is 1.84 bits per heavy atom. The fourth-order valence-electron chi connectivity index (χ4n) is 1.77. The molecule has 2 rings (SSSR count). The van der Waals surface area contributed by atoms with Crippen LogP contribution in [0.4, 0.5) is 14.5 Å². The molecule has 0 bridgehead atoms.